The van der Waals surface area contributed by atoms with Gasteiger partial charge in [0, 0.05) is 23.5 Å². The van der Waals surface area contributed by atoms with Crippen LogP contribution in [0, 0.1) is 0 Å². The Morgan fingerprint density at radius 3 is 2.80 bits per heavy atom. The van der Waals surface area contributed by atoms with Crippen LogP contribution in [0.5, 0.6) is 0 Å². The topological polar surface area (TPSA) is 69.6 Å². The highest BCUT2D eigenvalue weighted by molar-refractivity contribution is 7.10. The summed E-state index contributed by atoms with van der Waals surface area (Å²) >= 11 is 1.55. The summed E-state index contributed by atoms with van der Waals surface area (Å²) in [7, 11) is 1.88. The fourth-order valence-corrected chi connectivity index (χ4v) is 2.60. The summed E-state index contributed by atoms with van der Waals surface area (Å²) in [5, 5.41) is 13.3. The Morgan fingerprint density at radius 2 is 2.20 bits per heavy atom. The zero-order valence-electron chi connectivity index (χ0n) is 11.9. The molecular formula is C14H20N2O3S. The first-order valence-corrected chi connectivity index (χ1v) is 7.21. The number of carbonyl (C=O) groups excluding carboxylic acids is 1. The van der Waals surface area contributed by atoms with Gasteiger partial charge in [-0.25, -0.2) is 4.79 Å². The molecule has 6 heteroatoms. The molecule has 0 aliphatic carbocycles. The van der Waals surface area contributed by atoms with Crippen molar-refractivity contribution in [1.82, 2.24) is 10.2 Å². The molecule has 1 aromatic heterocycles. The molecule has 0 saturated carbocycles. The standard InChI is InChI=1S/C14H20N2O3S/c1-10(2)15-13(17)8-16(3)7-12-6-11(9-20-12)4-5-14(18)19/h4-6,9-10H,7-8H2,1-3H3,(H,15,17)(H,18,19). The molecule has 0 fully saturated rings. The lowest BCUT2D eigenvalue weighted by Crippen LogP contribution is -2.38. The largest absolute Gasteiger partial charge is 0.478 e. The summed E-state index contributed by atoms with van der Waals surface area (Å²) in [6, 6.07) is 2.08. The van der Waals surface area contributed by atoms with Crippen LogP contribution in [0.25, 0.3) is 6.08 Å². The molecule has 0 aromatic carbocycles. The first kappa shape index (κ1) is 16.4. The van der Waals surface area contributed by atoms with E-state index in [0.717, 1.165) is 16.5 Å². The van der Waals surface area contributed by atoms with Crippen molar-refractivity contribution in [3.63, 3.8) is 0 Å². The van der Waals surface area contributed by atoms with Crippen molar-refractivity contribution >= 4 is 29.3 Å². The van der Waals surface area contributed by atoms with E-state index in [4.69, 9.17) is 5.11 Å². The second kappa shape index (κ2) is 7.81. The van der Waals surface area contributed by atoms with Gasteiger partial charge in [0.2, 0.25) is 5.91 Å². The van der Waals surface area contributed by atoms with Crippen LogP contribution in [0.1, 0.15) is 24.3 Å². The maximum atomic E-state index is 11.6. The van der Waals surface area contributed by atoms with Gasteiger partial charge in [-0.2, -0.15) is 0 Å². The molecule has 0 bridgehead atoms. The molecule has 1 aromatic rings. The first-order valence-electron chi connectivity index (χ1n) is 6.33. The molecule has 0 aliphatic rings. The second-order valence-corrected chi connectivity index (χ2v) is 5.91. The van der Waals surface area contributed by atoms with E-state index in [0.29, 0.717) is 13.1 Å². The van der Waals surface area contributed by atoms with Crippen LogP contribution in [0.3, 0.4) is 0 Å². The number of carbonyl (C=O) groups is 2. The van der Waals surface area contributed by atoms with Crippen molar-refractivity contribution in [2.75, 3.05) is 13.6 Å². The van der Waals surface area contributed by atoms with Crippen molar-refractivity contribution in [1.29, 1.82) is 0 Å². The minimum atomic E-state index is -0.958. The molecule has 0 radical (unpaired) electrons. The molecule has 0 saturated heterocycles. The van der Waals surface area contributed by atoms with E-state index in [1.807, 2.05) is 37.2 Å². The van der Waals surface area contributed by atoms with Gasteiger partial charge in [-0.05, 0) is 44.0 Å². The number of aliphatic carboxylic acids is 1. The van der Waals surface area contributed by atoms with Crippen LogP contribution >= 0.6 is 11.3 Å². The van der Waals surface area contributed by atoms with E-state index in [1.165, 1.54) is 0 Å². The van der Waals surface area contributed by atoms with Gasteiger partial charge >= 0.3 is 5.97 Å². The van der Waals surface area contributed by atoms with Crippen molar-refractivity contribution in [3.8, 4) is 0 Å². The predicted octanol–water partition coefficient (Wildman–Crippen LogP) is 1.80. The van der Waals surface area contributed by atoms with Crippen molar-refractivity contribution in [2.45, 2.75) is 26.4 Å². The first-order chi connectivity index (χ1) is 9.36. The monoisotopic (exact) mass is 296 g/mol. The Morgan fingerprint density at radius 1 is 1.50 bits per heavy atom. The Kier molecular flexibility index (Phi) is 6.41. The quantitative estimate of drug-likeness (QED) is 0.753. The summed E-state index contributed by atoms with van der Waals surface area (Å²) < 4.78 is 0. The third kappa shape index (κ3) is 6.49. The second-order valence-electron chi connectivity index (χ2n) is 4.91. The van der Waals surface area contributed by atoms with Crippen molar-refractivity contribution in [2.24, 2.45) is 0 Å². The smallest absolute Gasteiger partial charge is 0.328 e. The third-order valence-corrected chi connectivity index (χ3v) is 3.32. The number of amides is 1. The summed E-state index contributed by atoms with van der Waals surface area (Å²) in [6.07, 6.45) is 2.68. The normalized spacial score (nSPS) is 11.4. The predicted molar refractivity (Wildman–Crippen MR) is 80.6 cm³/mol. The molecular weight excluding hydrogens is 276 g/mol. The molecule has 110 valence electrons. The maximum absolute atomic E-state index is 11.6. The summed E-state index contributed by atoms with van der Waals surface area (Å²) in [5.41, 5.74) is 0.868. The summed E-state index contributed by atoms with van der Waals surface area (Å²) in [4.78, 5) is 25.1. The minimum Gasteiger partial charge on any atom is -0.478 e. The summed E-state index contributed by atoms with van der Waals surface area (Å²) in [5.74, 6) is -0.953. The highest BCUT2D eigenvalue weighted by atomic mass is 32.1. The zero-order chi connectivity index (χ0) is 15.1. The van der Waals surface area contributed by atoms with Gasteiger partial charge < -0.3 is 10.4 Å². The fourth-order valence-electron chi connectivity index (χ4n) is 1.67. The molecule has 0 spiro atoms. The van der Waals surface area contributed by atoms with E-state index in [9.17, 15) is 9.59 Å². The average Bonchev–Trinajstić information content (AvgIpc) is 2.72. The number of carboxylic acid groups (broad SMARTS) is 1. The SMILES string of the molecule is CC(C)NC(=O)CN(C)Cc1cc(C=CC(=O)O)cs1. The van der Waals surface area contributed by atoms with E-state index >= 15 is 0 Å². The van der Waals surface area contributed by atoms with Crippen LogP contribution in [0.2, 0.25) is 0 Å². The van der Waals surface area contributed by atoms with Gasteiger partial charge in [-0.3, -0.25) is 9.69 Å². The van der Waals surface area contributed by atoms with Crippen LogP contribution < -0.4 is 5.32 Å². The molecule has 0 unspecified atom stereocenters. The van der Waals surface area contributed by atoms with Gasteiger partial charge in [-0.15, -0.1) is 11.3 Å². The van der Waals surface area contributed by atoms with Gasteiger partial charge in [0.15, 0.2) is 0 Å². The van der Waals surface area contributed by atoms with E-state index in [-0.39, 0.29) is 11.9 Å². The maximum Gasteiger partial charge on any atom is 0.328 e. The number of nitrogens with zero attached hydrogens (tertiary/aromatic N) is 1. The molecule has 0 atom stereocenters. The van der Waals surface area contributed by atoms with Gasteiger partial charge in [0.25, 0.3) is 0 Å². The lowest BCUT2D eigenvalue weighted by atomic mass is 10.3. The van der Waals surface area contributed by atoms with Crippen molar-refractivity contribution in [3.05, 3.63) is 28.0 Å². The minimum absolute atomic E-state index is 0.00468. The Labute approximate surface area is 122 Å². The van der Waals surface area contributed by atoms with Crippen molar-refractivity contribution < 1.29 is 14.7 Å². The number of hydrogen-bond acceptors (Lipinski definition) is 4. The average molecular weight is 296 g/mol. The summed E-state index contributed by atoms with van der Waals surface area (Å²) in [6.45, 7) is 4.87. The van der Waals surface area contributed by atoms with E-state index in [2.05, 4.69) is 5.32 Å². The molecule has 5 nitrogen and oxygen atoms in total. The molecule has 1 heterocycles. The van der Waals surface area contributed by atoms with Crippen LogP contribution in [-0.2, 0) is 16.1 Å². The number of hydrogen-bond donors (Lipinski definition) is 2. The zero-order valence-corrected chi connectivity index (χ0v) is 12.7. The number of likely N-dealkylation sites (N-methyl/N-ethyl adjacent to an activating group) is 1. The van der Waals surface area contributed by atoms with E-state index < -0.39 is 5.97 Å². The highest BCUT2D eigenvalue weighted by Crippen LogP contribution is 2.17. The fraction of sp³-hybridized carbons (Fsp3) is 0.429. The van der Waals surface area contributed by atoms with E-state index in [1.54, 1.807) is 17.4 Å². The molecule has 1 amide bonds. The third-order valence-electron chi connectivity index (χ3n) is 2.38. The van der Waals surface area contributed by atoms with Gasteiger partial charge in [-0.1, -0.05) is 0 Å². The highest BCUT2D eigenvalue weighted by Gasteiger charge is 2.09. The molecule has 20 heavy (non-hydrogen) atoms. The van der Waals surface area contributed by atoms with Gasteiger partial charge in [0.1, 0.15) is 0 Å². The number of carboxylic acids is 1. The van der Waals surface area contributed by atoms with Crippen LogP contribution in [-0.4, -0.2) is 41.5 Å². The lowest BCUT2D eigenvalue weighted by Gasteiger charge is -2.16. The van der Waals surface area contributed by atoms with Crippen LogP contribution in [0.15, 0.2) is 17.5 Å². The number of nitrogens with one attached hydrogen (secondary N) is 1. The molecule has 0 aliphatic heterocycles. The Bertz CT molecular complexity index is 494. The number of thiophene rings is 1. The Balaban J connectivity index is 2.48. The lowest BCUT2D eigenvalue weighted by molar-refractivity contribution is -0.131. The number of rotatable bonds is 7. The van der Waals surface area contributed by atoms with Crippen LogP contribution in [0.4, 0.5) is 0 Å². The van der Waals surface area contributed by atoms with Gasteiger partial charge in [0.05, 0.1) is 6.54 Å². The molecule has 2 N–H and O–H groups in total. The molecule has 1 rings (SSSR count). The Hall–Kier alpha value is -1.66.